The molecule has 2 amide bonds. The predicted molar refractivity (Wildman–Crippen MR) is 99.2 cm³/mol. The molecular formula is C18H28ClN3O2. The van der Waals surface area contributed by atoms with Crippen molar-refractivity contribution in [2.75, 3.05) is 25.4 Å². The summed E-state index contributed by atoms with van der Waals surface area (Å²) in [4.78, 5) is 26.5. The van der Waals surface area contributed by atoms with E-state index in [1.54, 1.807) is 12.1 Å². The summed E-state index contributed by atoms with van der Waals surface area (Å²) in [7, 11) is 0. The summed E-state index contributed by atoms with van der Waals surface area (Å²) in [5.74, 6) is 0.326. The average Bonchev–Trinajstić information content (AvgIpc) is 2.51. The van der Waals surface area contributed by atoms with Crippen molar-refractivity contribution in [2.45, 2.75) is 33.6 Å². The number of hydrogen-bond acceptors (Lipinski definition) is 3. The Bertz CT molecular complexity index is 584. The fourth-order valence-electron chi connectivity index (χ4n) is 2.78. The van der Waals surface area contributed by atoms with Crippen LogP contribution >= 0.6 is 12.4 Å². The number of nitrogen functional groups attached to an aromatic ring is 1. The van der Waals surface area contributed by atoms with Gasteiger partial charge in [-0.1, -0.05) is 32.9 Å². The van der Waals surface area contributed by atoms with Gasteiger partial charge in [0, 0.05) is 30.7 Å². The summed E-state index contributed by atoms with van der Waals surface area (Å²) in [6, 6.07) is 7.17. The van der Waals surface area contributed by atoms with Gasteiger partial charge in [-0.2, -0.15) is 0 Å². The number of halogens is 1. The molecule has 6 heteroatoms. The lowest BCUT2D eigenvalue weighted by Crippen LogP contribution is -2.45. The number of amides is 2. The number of para-hydroxylation sites is 1. The number of nitrogens with one attached hydrogen (secondary N) is 1. The number of hydrogen-bond donors (Lipinski definition) is 2. The molecule has 24 heavy (non-hydrogen) atoms. The molecule has 5 nitrogen and oxygen atoms in total. The van der Waals surface area contributed by atoms with Gasteiger partial charge in [-0.05, 0) is 30.9 Å². The van der Waals surface area contributed by atoms with Crippen molar-refractivity contribution >= 4 is 29.9 Å². The Hall–Kier alpha value is -1.75. The fraction of sp³-hybridized carbons (Fsp3) is 0.556. The lowest BCUT2D eigenvalue weighted by atomic mass is 9.93. The van der Waals surface area contributed by atoms with Crippen molar-refractivity contribution in [3.8, 4) is 0 Å². The molecule has 134 valence electrons. The monoisotopic (exact) mass is 353 g/mol. The smallest absolute Gasteiger partial charge is 0.255 e. The van der Waals surface area contributed by atoms with Gasteiger partial charge in [0.25, 0.3) is 5.91 Å². The van der Waals surface area contributed by atoms with E-state index in [0.717, 1.165) is 19.4 Å². The Morgan fingerprint density at radius 1 is 1.29 bits per heavy atom. The van der Waals surface area contributed by atoms with E-state index in [4.69, 9.17) is 5.73 Å². The van der Waals surface area contributed by atoms with Crippen molar-refractivity contribution in [2.24, 2.45) is 11.3 Å². The summed E-state index contributed by atoms with van der Waals surface area (Å²) in [6.07, 6.45) is 1.98. The largest absolute Gasteiger partial charge is 0.398 e. The van der Waals surface area contributed by atoms with Crippen LogP contribution in [0.1, 0.15) is 44.0 Å². The zero-order chi connectivity index (χ0) is 17.0. The highest BCUT2D eigenvalue weighted by Gasteiger charge is 2.27. The van der Waals surface area contributed by atoms with E-state index in [1.165, 1.54) is 0 Å². The fourth-order valence-corrected chi connectivity index (χ4v) is 2.78. The number of carbonyl (C=O) groups excluding carboxylic acids is 2. The quantitative estimate of drug-likeness (QED) is 0.820. The van der Waals surface area contributed by atoms with Gasteiger partial charge in [-0.25, -0.2) is 0 Å². The summed E-state index contributed by atoms with van der Waals surface area (Å²) in [5, 5.41) is 3.00. The van der Waals surface area contributed by atoms with Crippen LogP contribution in [-0.2, 0) is 4.79 Å². The highest BCUT2D eigenvalue weighted by atomic mass is 35.5. The summed E-state index contributed by atoms with van der Waals surface area (Å²) < 4.78 is 0. The lowest BCUT2D eigenvalue weighted by Gasteiger charge is -2.33. The second-order valence-electron chi connectivity index (χ2n) is 7.31. The molecule has 1 aromatic carbocycles. The van der Waals surface area contributed by atoms with Gasteiger partial charge in [-0.15, -0.1) is 12.4 Å². The lowest BCUT2D eigenvalue weighted by molar-refractivity contribution is -0.128. The molecule has 1 saturated heterocycles. The molecule has 0 saturated carbocycles. The Kier molecular flexibility index (Phi) is 7.08. The van der Waals surface area contributed by atoms with E-state index in [-0.39, 0.29) is 29.6 Å². The third-order valence-electron chi connectivity index (χ3n) is 4.23. The maximum Gasteiger partial charge on any atom is 0.255 e. The number of nitrogens with two attached hydrogens (primary N) is 1. The van der Waals surface area contributed by atoms with Gasteiger partial charge in [0.15, 0.2) is 0 Å². The molecule has 1 heterocycles. The van der Waals surface area contributed by atoms with Gasteiger partial charge in [0.1, 0.15) is 0 Å². The molecule has 1 aliphatic heterocycles. The highest BCUT2D eigenvalue weighted by Crippen LogP contribution is 2.21. The number of anilines is 1. The van der Waals surface area contributed by atoms with Crippen molar-refractivity contribution in [3.05, 3.63) is 29.8 Å². The number of rotatable bonds is 3. The van der Waals surface area contributed by atoms with Gasteiger partial charge in [0.05, 0.1) is 5.56 Å². The van der Waals surface area contributed by atoms with Gasteiger partial charge in [-0.3, -0.25) is 9.59 Å². The van der Waals surface area contributed by atoms with Crippen LogP contribution in [-0.4, -0.2) is 36.3 Å². The molecule has 0 bridgehead atoms. The van der Waals surface area contributed by atoms with Crippen LogP contribution in [0.2, 0.25) is 0 Å². The maximum atomic E-state index is 12.6. The van der Waals surface area contributed by atoms with E-state index >= 15 is 0 Å². The second-order valence-corrected chi connectivity index (χ2v) is 7.31. The van der Waals surface area contributed by atoms with Crippen LogP contribution in [0, 0.1) is 11.3 Å². The van der Waals surface area contributed by atoms with Crippen LogP contribution in [0.15, 0.2) is 24.3 Å². The van der Waals surface area contributed by atoms with Crippen molar-refractivity contribution in [3.63, 3.8) is 0 Å². The number of carbonyl (C=O) groups is 2. The molecule has 1 fully saturated rings. The number of nitrogens with zero attached hydrogens (tertiary/aromatic N) is 1. The van der Waals surface area contributed by atoms with E-state index in [2.05, 4.69) is 5.32 Å². The third kappa shape index (κ3) is 5.13. The molecule has 0 aliphatic carbocycles. The van der Waals surface area contributed by atoms with E-state index in [0.29, 0.717) is 30.3 Å². The van der Waals surface area contributed by atoms with Crippen LogP contribution in [0.5, 0.6) is 0 Å². The maximum absolute atomic E-state index is 12.6. The van der Waals surface area contributed by atoms with Gasteiger partial charge < -0.3 is 16.0 Å². The molecule has 0 radical (unpaired) electrons. The summed E-state index contributed by atoms with van der Waals surface area (Å²) in [6.45, 7) is 7.73. The molecule has 1 atom stereocenters. The molecule has 1 aliphatic rings. The minimum Gasteiger partial charge on any atom is -0.398 e. The minimum atomic E-state index is -0.386. The Morgan fingerprint density at radius 3 is 2.58 bits per heavy atom. The highest BCUT2D eigenvalue weighted by molar-refractivity contribution is 5.99. The summed E-state index contributed by atoms with van der Waals surface area (Å²) >= 11 is 0. The molecule has 3 N–H and O–H groups in total. The van der Waals surface area contributed by atoms with Crippen LogP contribution in [0.4, 0.5) is 5.69 Å². The molecule has 1 unspecified atom stereocenters. The number of benzene rings is 1. The predicted octanol–water partition coefficient (Wildman–Crippen LogP) is 2.71. The van der Waals surface area contributed by atoms with E-state index in [9.17, 15) is 9.59 Å². The Morgan fingerprint density at radius 2 is 1.96 bits per heavy atom. The first-order chi connectivity index (χ1) is 10.8. The third-order valence-corrected chi connectivity index (χ3v) is 4.23. The molecule has 1 aromatic rings. The van der Waals surface area contributed by atoms with Crippen LogP contribution < -0.4 is 11.1 Å². The Labute approximate surface area is 150 Å². The van der Waals surface area contributed by atoms with E-state index < -0.39 is 0 Å². The standard InChI is InChI=1S/C18H27N3O2.ClH/c1-18(2,3)17(23)20-11-13-7-6-10-21(12-13)16(22)14-8-4-5-9-15(14)19;/h4-5,8-9,13H,6-7,10-12,19H2,1-3H3,(H,20,23);1H. The Balaban J connectivity index is 0.00000288. The molecule has 0 spiro atoms. The first-order valence-corrected chi connectivity index (χ1v) is 8.21. The normalized spacial score (nSPS) is 17.8. The van der Waals surface area contributed by atoms with Crippen LogP contribution in [0.3, 0.4) is 0 Å². The first-order valence-electron chi connectivity index (χ1n) is 8.21. The first kappa shape index (κ1) is 20.3. The SMILES string of the molecule is CC(C)(C)C(=O)NCC1CCCN(C(=O)c2ccccc2N)C1.Cl. The van der Waals surface area contributed by atoms with Crippen molar-refractivity contribution in [1.29, 1.82) is 0 Å². The number of likely N-dealkylation sites (tertiary alicyclic amines) is 1. The topological polar surface area (TPSA) is 75.4 Å². The van der Waals surface area contributed by atoms with Crippen molar-refractivity contribution in [1.82, 2.24) is 10.2 Å². The summed E-state index contributed by atoms with van der Waals surface area (Å²) in [5.41, 5.74) is 6.59. The molecule has 2 rings (SSSR count). The zero-order valence-electron chi connectivity index (χ0n) is 14.7. The zero-order valence-corrected chi connectivity index (χ0v) is 15.5. The van der Waals surface area contributed by atoms with Gasteiger partial charge in [0.2, 0.25) is 5.91 Å². The molecular weight excluding hydrogens is 326 g/mol. The van der Waals surface area contributed by atoms with Crippen molar-refractivity contribution < 1.29 is 9.59 Å². The minimum absolute atomic E-state index is 0. The van der Waals surface area contributed by atoms with E-state index in [1.807, 2.05) is 37.8 Å². The average molecular weight is 354 g/mol. The second kappa shape index (κ2) is 8.38. The van der Waals surface area contributed by atoms with Gasteiger partial charge >= 0.3 is 0 Å². The number of piperidine rings is 1. The van der Waals surface area contributed by atoms with Crippen LogP contribution in [0.25, 0.3) is 0 Å². The molecule has 0 aromatic heterocycles.